The summed E-state index contributed by atoms with van der Waals surface area (Å²) < 4.78 is 2.05. The molecule has 1 heterocycles. The van der Waals surface area contributed by atoms with Gasteiger partial charge in [-0.05, 0) is 18.2 Å². The van der Waals surface area contributed by atoms with E-state index in [2.05, 4.69) is 12.1 Å². The lowest BCUT2D eigenvalue weighted by molar-refractivity contribution is 1.01. The Hall–Kier alpha value is -2.78. The van der Waals surface area contributed by atoms with Crippen LogP contribution in [-0.2, 0) is 7.05 Å². The summed E-state index contributed by atoms with van der Waals surface area (Å²) in [5, 5.41) is 20.3. The average Bonchev–Trinajstić information content (AvgIpc) is 2.72. The van der Waals surface area contributed by atoms with Crippen LogP contribution in [0.25, 0.3) is 21.8 Å². The van der Waals surface area contributed by atoms with Crippen LogP contribution in [0.4, 0.5) is 0 Å². The Morgan fingerprint density at radius 3 is 2.44 bits per heavy atom. The minimum absolute atomic E-state index is 0.432. The third-order valence-electron chi connectivity index (χ3n) is 3.31. The van der Waals surface area contributed by atoms with E-state index in [0.29, 0.717) is 11.1 Å². The largest absolute Gasteiger partial charge is 0.344 e. The molecule has 18 heavy (non-hydrogen) atoms. The minimum atomic E-state index is 0.432. The first kappa shape index (κ1) is 10.4. The first-order valence-corrected chi connectivity index (χ1v) is 5.58. The summed E-state index contributed by atoms with van der Waals surface area (Å²) in [4.78, 5) is 0. The number of nitrogens with zero attached hydrogens (tertiary/aromatic N) is 3. The van der Waals surface area contributed by atoms with E-state index in [1.165, 1.54) is 0 Å². The molecule has 84 valence electrons. The van der Waals surface area contributed by atoms with Crippen molar-refractivity contribution in [3.05, 3.63) is 47.5 Å². The lowest BCUT2D eigenvalue weighted by Crippen LogP contribution is -1.88. The number of hydrogen-bond acceptors (Lipinski definition) is 2. The molecule has 2 aromatic carbocycles. The van der Waals surface area contributed by atoms with E-state index in [9.17, 15) is 5.26 Å². The fourth-order valence-corrected chi connectivity index (χ4v) is 2.46. The zero-order valence-electron chi connectivity index (χ0n) is 9.81. The molecule has 0 spiro atoms. The van der Waals surface area contributed by atoms with E-state index in [1.807, 2.05) is 41.9 Å². The number of para-hydroxylation sites is 1. The fraction of sp³-hybridized carbons (Fsp3) is 0.0667. The lowest BCUT2D eigenvalue weighted by atomic mass is 10.0. The lowest BCUT2D eigenvalue weighted by Gasteiger charge is -1.99. The Morgan fingerprint density at radius 1 is 0.944 bits per heavy atom. The maximum Gasteiger partial charge on any atom is 0.101 e. The Labute approximate surface area is 104 Å². The summed E-state index contributed by atoms with van der Waals surface area (Å²) in [5.74, 6) is 0. The number of aryl methyl sites for hydroxylation is 1. The van der Waals surface area contributed by atoms with Crippen LogP contribution in [0.15, 0.2) is 36.4 Å². The van der Waals surface area contributed by atoms with Gasteiger partial charge in [0, 0.05) is 23.3 Å². The van der Waals surface area contributed by atoms with Gasteiger partial charge in [-0.2, -0.15) is 10.5 Å². The molecule has 0 radical (unpaired) electrons. The van der Waals surface area contributed by atoms with Gasteiger partial charge in [-0.25, -0.2) is 0 Å². The molecule has 0 aliphatic heterocycles. The van der Waals surface area contributed by atoms with Gasteiger partial charge in [-0.15, -0.1) is 0 Å². The zero-order valence-corrected chi connectivity index (χ0v) is 9.81. The monoisotopic (exact) mass is 231 g/mol. The molecule has 3 nitrogen and oxygen atoms in total. The van der Waals surface area contributed by atoms with E-state index in [4.69, 9.17) is 5.26 Å². The molecule has 0 atom stereocenters. The van der Waals surface area contributed by atoms with Crippen molar-refractivity contribution in [2.75, 3.05) is 0 Å². The highest BCUT2D eigenvalue weighted by Crippen LogP contribution is 2.31. The summed E-state index contributed by atoms with van der Waals surface area (Å²) in [6, 6.07) is 15.8. The number of benzene rings is 2. The van der Waals surface area contributed by atoms with Gasteiger partial charge in [-0.3, -0.25) is 0 Å². The third-order valence-corrected chi connectivity index (χ3v) is 3.31. The van der Waals surface area contributed by atoms with E-state index in [0.717, 1.165) is 21.8 Å². The molecule has 0 fully saturated rings. The Morgan fingerprint density at radius 2 is 1.72 bits per heavy atom. The SMILES string of the molecule is Cn1c2ccccc2c2c(C#N)c(C#N)ccc21. The van der Waals surface area contributed by atoms with Crippen molar-refractivity contribution in [2.45, 2.75) is 0 Å². The molecule has 0 saturated heterocycles. The van der Waals surface area contributed by atoms with Crippen molar-refractivity contribution in [1.82, 2.24) is 4.57 Å². The highest BCUT2D eigenvalue weighted by molar-refractivity contribution is 6.11. The standard InChI is InChI=1S/C15H9N3/c1-18-13-5-3-2-4-11(13)15-12(9-17)10(8-16)6-7-14(15)18/h2-7H,1H3. The summed E-state index contributed by atoms with van der Waals surface area (Å²) >= 11 is 0. The molecule has 0 unspecified atom stereocenters. The number of aromatic nitrogens is 1. The van der Waals surface area contributed by atoms with Gasteiger partial charge in [0.05, 0.1) is 16.6 Å². The zero-order chi connectivity index (χ0) is 12.7. The van der Waals surface area contributed by atoms with Gasteiger partial charge < -0.3 is 4.57 Å². The second-order valence-electron chi connectivity index (χ2n) is 4.18. The number of nitriles is 2. The van der Waals surface area contributed by atoms with Gasteiger partial charge in [0.1, 0.15) is 12.1 Å². The van der Waals surface area contributed by atoms with Crippen molar-refractivity contribution >= 4 is 21.8 Å². The molecule has 0 aliphatic rings. The van der Waals surface area contributed by atoms with Crippen LogP contribution in [0.5, 0.6) is 0 Å². The summed E-state index contributed by atoms with van der Waals surface area (Å²) in [6.45, 7) is 0. The van der Waals surface area contributed by atoms with Crippen molar-refractivity contribution in [3.8, 4) is 12.1 Å². The molecule has 3 aromatic rings. The molecular formula is C15H9N3. The van der Waals surface area contributed by atoms with E-state index in [1.54, 1.807) is 6.07 Å². The number of hydrogen-bond donors (Lipinski definition) is 0. The second-order valence-corrected chi connectivity index (χ2v) is 4.18. The maximum atomic E-state index is 9.31. The highest BCUT2D eigenvalue weighted by atomic mass is 14.9. The van der Waals surface area contributed by atoms with Crippen molar-refractivity contribution in [2.24, 2.45) is 7.05 Å². The summed E-state index contributed by atoms with van der Waals surface area (Å²) in [5.41, 5.74) is 2.94. The Bertz CT molecular complexity index is 857. The van der Waals surface area contributed by atoms with Gasteiger partial charge in [0.15, 0.2) is 0 Å². The Balaban J connectivity index is 2.68. The normalized spacial score (nSPS) is 10.4. The van der Waals surface area contributed by atoms with E-state index < -0.39 is 0 Å². The predicted octanol–water partition coefficient (Wildman–Crippen LogP) is 3.07. The first-order valence-electron chi connectivity index (χ1n) is 5.58. The molecule has 0 amide bonds. The molecule has 0 saturated carbocycles. The Kier molecular flexibility index (Phi) is 2.08. The van der Waals surface area contributed by atoms with Crippen LogP contribution in [0.1, 0.15) is 11.1 Å². The summed E-state index contributed by atoms with van der Waals surface area (Å²) in [7, 11) is 1.97. The number of fused-ring (bicyclic) bond motifs is 3. The molecule has 3 heteroatoms. The first-order chi connectivity index (χ1) is 8.77. The molecule has 0 N–H and O–H groups in total. The minimum Gasteiger partial charge on any atom is -0.344 e. The van der Waals surface area contributed by atoms with E-state index in [-0.39, 0.29) is 0 Å². The van der Waals surface area contributed by atoms with E-state index >= 15 is 0 Å². The summed E-state index contributed by atoms with van der Waals surface area (Å²) in [6.07, 6.45) is 0. The number of rotatable bonds is 0. The highest BCUT2D eigenvalue weighted by Gasteiger charge is 2.14. The van der Waals surface area contributed by atoms with Crippen LogP contribution < -0.4 is 0 Å². The molecule has 0 bridgehead atoms. The third kappa shape index (κ3) is 1.16. The van der Waals surface area contributed by atoms with Crippen LogP contribution in [0.3, 0.4) is 0 Å². The maximum absolute atomic E-state index is 9.31. The van der Waals surface area contributed by atoms with Gasteiger partial charge >= 0.3 is 0 Å². The molecule has 0 aliphatic carbocycles. The topological polar surface area (TPSA) is 52.5 Å². The van der Waals surface area contributed by atoms with Crippen molar-refractivity contribution in [3.63, 3.8) is 0 Å². The van der Waals surface area contributed by atoms with Crippen LogP contribution in [0, 0.1) is 22.7 Å². The van der Waals surface area contributed by atoms with Crippen molar-refractivity contribution in [1.29, 1.82) is 10.5 Å². The molecule has 3 rings (SSSR count). The molecular weight excluding hydrogens is 222 g/mol. The quantitative estimate of drug-likeness (QED) is 0.597. The predicted molar refractivity (Wildman–Crippen MR) is 69.9 cm³/mol. The fourth-order valence-electron chi connectivity index (χ4n) is 2.46. The molecule has 1 aromatic heterocycles. The van der Waals surface area contributed by atoms with Crippen LogP contribution in [-0.4, -0.2) is 4.57 Å². The van der Waals surface area contributed by atoms with Crippen LogP contribution in [0.2, 0.25) is 0 Å². The smallest absolute Gasteiger partial charge is 0.101 e. The van der Waals surface area contributed by atoms with Crippen molar-refractivity contribution < 1.29 is 0 Å². The van der Waals surface area contributed by atoms with Crippen LogP contribution >= 0.6 is 0 Å². The average molecular weight is 231 g/mol. The van der Waals surface area contributed by atoms with Gasteiger partial charge in [0.25, 0.3) is 0 Å². The van der Waals surface area contributed by atoms with Gasteiger partial charge in [0.2, 0.25) is 0 Å². The second kappa shape index (κ2) is 3.61. The van der Waals surface area contributed by atoms with Gasteiger partial charge in [-0.1, -0.05) is 18.2 Å².